The Morgan fingerprint density at radius 1 is 1.10 bits per heavy atom. The number of esters is 1. The minimum absolute atomic E-state index is 0.189. The molecule has 152 valence electrons. The third-order valence-corrected chi connectivity index (χ3v) is 4.07. The summed E-state index contributed by atoms with van der Waals surface area (Å²) in [5, 5.41) is 4.95. The van der Waals surface area contributed by atoms with Gasteiger partial charge in [-0.25, -0.2) is 19.0 Å². The summed E-state index contributed by atoms with van der Waals surface area (Å²) in [6.07, 6.45) is 1.46. The van der Waals surface area contributed by atoms with Crippen LogP contribution < -0.4 is 10.6 Å². The van der Waals surface area contributed by atoms with E-state index in [0.717, 1.165) is 0 Å². The van der Waals surface area contributed by atoms with Gasteiger partial charge < -0.3 is 10.1 Å². The summed E-state index contributed by atoms with van der Waals surface area (Å²) < 4.78 is 18.3. The normalized spacial score (nSPS) is 10.3. The van der Waals surface area contributed by atoms with Crippen molar-refractivity contribution in [1.29, 1.82) is 0 Å². The van der Waals surface area contributed by atoms with E-state index in [1.54, 1.807) is 36.4 Å². The van der Waals surface area contributed by atoms with E-state index in [9.17, 15) is 18.8 Å². The Morgan fingerprint density at radius 2 is 1.83 bits per heavy atom. The van der Waals surface area contributed by atoms with Crippen molar-refractivity contribution in [3.8, 4) is 11.3 Å². The maximum Gasteiger partial charge on any atom is 0.339 e. The SMILES string of the molecule is C=CCNC(=O)NC(=O)COC(=O)c1cc(-c2ccc(F)cc2)nc2ccccc12. The number of urea groups is 1. The smallest absolute Gasteiger partial charge is 0.339 e. The van der Waals surface area contributed by atoms with E-state index in [4.69, 9.17) is 4.74 Å². The lowest BCUT2D eigenvalue weighted by Crippen LogP contribution is -2.41. The van der Waals surface area contributed by atoms with Gasteiger partial charge in [0.25, 0.3) is 5.91 Å². The van der Waals surface area contributed by atoms with Gasteiger partial charge in [-0.1, -0.05) is 24.3 Å². The minimum Gasteiger partial charge on any atom is -0.452 e. The van der Waals surface area contributed by atoms with Gasteiger partial charge >= 0.3 is 12.0 Å². The van der Waals surface area contributed by atoms with Gasteiger partial charge in [0.05, 0.1) is 16.8 Å². The van der Waals surface area contributed by atoms with E-state index in [0.29, 0.717) is 22.2 Å². The average Bonchev–Trinajstić information content (AvgIpc) is 2.75. The molecule has 0 saturated carbocycles. The fourth-order valence-electron chi connectivity index (χ4n) is 2.69. The van der Waals surface area contributed by atoms with Crippen LogP contribution in [0.15, 0.2) is 67.3 Å². The van der Waals surface area contributed by atoms with Crippen LogP contribution in [0.4, 0.5) is 9.18 Å². The Hall–Kier alpha value is -4.07. The first-order valence-corrected chi connectivity index (χ1v) is 8.99. The lowest BCUT2D eigenvalue weighted by atomic mass is 10.0. The molecular weight excluding hydrogens is 389 g/mol. The van der Waals surface area contributed by atoms with E-state index in [2.05, 4.69) is 16.9 Å². The molecule has 1 aromatic heterocycles. The number of fused-ring (bicyclic) bond motifs is 1. The maximum absolute atomic E-state index is 13.2. The van der Waals surface area contributed by atoms with E-state index in [1.165, 1.54) is 24.3 Å². The highest BCUT2D eigenvalue weighted by atomic mass is 19.1. The number of hydrogen-bond donors (Lipinski definition) is 2. The molecule has 3 rings (SSSR count). The number of aromatic nitrogens is 1. The molecule has 3 aromatic rings. The molecule has 0 spiro atoms. The second-order valence-electron chi connectivity index (χ2n) is 6.20. The minimum atomic E-state index is -0.776. The summed E-state index contributed by atoms with van der Waals surface area (Å²) >= 11 is 0. The molecule has 0 aliphatic carbocycles. The molecule has 1 heterocycles. The van der Waals surface area contributed by atoms with Gasteiger partial charge in [0.1, 0.15) is 5.82 Å². The average molecular weight is 407 g/mol. The summed E-state index contributed by atoms with van der Waals surface area (Å²) in [5.41, 5.74) is 1.81. The number of hydrogen-bond acceptors (Lipinski definition) is 5. The number of halogens is 1. The molecule has 0 atom stereocenters. The first kappa shape index (κ1) is 20.7. The molecule has 3 amide bonds. The third kappa shape index (κ3) is 5.05. The molecule has 0 unspecified atom stereocenters. The number of amides is 3. The zero-order valence-corrected chi connectivity index (χ0v) is 15.9. The predicted molar refractivity (Wildman–Crippen MR) is 109 cm³/mol. The first-order valence-electron chi connectivity index (χ1n) is 8.99. The monoisotopic (exact) mass is 407 g/mol. The van der Waals surface area contributed by atoms with E-state index in [-0.39, 0.29) is 17.9 Å². The van der Waals surface area contributed by atoms with Gasteiger partial charge in [-0.05, 0) is 36.4 Å². The van der Waals surface area contributed by atoms with Crippen LogP contribution in [-0.4, -0.2) is 36.0 Å². The quantitative estimate of drug-likeness (QED) is 0.483. The van der Waals surface area contributed by atoms with Crippen molar-refractivity contribution in [2.45, 2.75) is 0 Å². The lowest BCUT2D eigenvalue weighted by Gasteiger charge is -2.10. The van der Waals surface area contributed by atoms with Crippen molar-refractivity contribution in [3.63, 3.8) is 0 Å². The lowest BCUT2D eigenvalue weighted by molar-refractivity contribution is -0.123. The van der Waals surface area contributed by atoms with E-state index < -0.39 is 24.5 Å². The molecule has 7 nitrogen and oxygen atoms in total. The fraction of sp³-hybridized carbons (Fsp3) is 0.0909. The van der Waals surface area contributed by atoms with Gasteiger partial charge in [-0.15, -0.1) is 6.58 Å². The van der Waals surface area contributed by atoms with E-state index in [1.807, 2.05) is 5.32 Å². The highest BCUT2D eigenvalue weighted by Gasteiger charge is 2.17. The van der Waals surface area contributed by atoms with Crippen LogP contribution in [0.3, 0.4) is 0 Å². The summed E-state index contributed by atoms with van der Waals surface area (Å²) in [7, 11) is 0. The first-order chi connectivity index (χ1) is 14.5. The molecule has 8 heteroatoms. The highest BCUT2D eigenvalue weighted by molar-refractivity contribution is 6.05. The van der Waals surface area contributed by atoms with Crippen LogP contribution in [0.25, 0.3) is 22.2 Å². The molecule has 0 aliphatic rings. The summed E-state index contributed by atoms with van der Waals surface area (Å²) in [4.78, 5) is 40.4. The number of ether oxygens (including phenoxy) is 1. The summed E-state index contributed by atoms with van der Waals surface area (Å²) in [5.74, 6) is -1.91. The van der Waals surface area contributed by atoms with Crippen LogP contribution >= 0.6 is 0 Å². The van der Waals surface area contributed by atoms with Gasteiger partial charge in [0.15, 0.2) is 6.61 Å². The van der Waals surface area contributed by atoms with Crippen molar-refractivity contribution in [3.05, 3.63) is 78.6 Å². The number of nitrogens with one attached hydrogen (secondary N) is 2. The van der Waals surface area contributed by atoms with Crippen LogP contribution in [0, 0.1) is 5.82 Å². The number of imide groups is 1. The molecule has 2 N–H and O–H groups in total. The molecule has 0 radical (unpaired) electrons. The number of nitrogens with zero attached hydrogens (tertiary/aromatic N) is 1. The third-order valence-electron chi connectivity index (χ3n) is 4.07. The van der Waals surface area contributed by atoms with Crippen LogP contribution in [-0.2, 0) is 9.53 Å². The zero-order chi connectivity index (χ0) is 21.5. The summed E-state index contributed by atoms with van der Waals surface area (Å²) in [6, 6.07) is 13.5. The molecule has 2 aromatic carbocycles. The Balaban J connectivity index is 1.81. The Morgan fingerprint density at radius 3 is 2.57 bits per heavy atom. The number of rotatable bonds is 6. The summed E-state index contributed by atoms with van der Waals surface area (Å²) in [6.45, 7) is 3.00. The van der Waals surface area contributed by atoms with Crippen molar-refractivity contribution in [1.82, 2.24) is 15.6 Å². The van der Waals surface area contributed by atoms with Crippen LogP contribution in [0.5, 0.6) is 0 Å². The predicted octanol–water partition coefficient (Wildman–Crippen LogP) is 3.21. The second kappa shape index (κ2) is 9.42. The maximum atomic E-state index is 13.2. The molecule has 0 saturated heterocycles. The standard InChI is InChI=1S/C22H18FN3O4/c1-2-11-24-22(29)26-20(27)13-30-21(28)17-12-19(14-7-9-15(23)10-8-14)25-18-6-4-3-5-16(17)18/h2-10,12H,1,11,13H2,(H2,24,26,27,29). The number of benzene rings is 2. The number of para-hydroxylation sites is 1. The molecule has 0 fully saturated rings. The van der Waals surface area contributed by atoms with Crippen molar-refractivity contribution < 1.29 is 23.5 Å². The van der Waals surface area contributed by atoms with Crippen molar-refractivity contribution in [2.75, 3.05) is 13.2 Å². The highest BCUT2D eigenvalue weighted by Crippen LogP contribution is 2.25. The van der Waals surface area contributed by atoms with Gasteiger partial charge in [-0.2, -0.15) is 0 Å². The second-order valence-corrected chi connectivity index (χ2v) is 6.20. The van der Waals surface area contributed by atoms with Gasteiger partial charge in [0, 0.05) is 17.5 Å². The van der Waals surface area contributed by atoms with Gasteiger partial charge in [-0.3, -0.25) is 10.1 Å². The molecule has 0 aliphatic heterocycles. The Labute approximate surface area is 171 Å². The number of carbonyl (C=O) groups excluding carboxylic acids is 3. The Bertz CT molecular complexity index is 1110. The number of carbonyl (C=O) groups is 3. The van der Waals surface area contributed by atoms with Crippen molar-refractivity contribution >= 4 is 28.8 Å². The topological polar surface area (TPSA) is 97.4 Å². The van der Waals surface area contributed by atoms with Gasteiger partial charge in [0.2, 0.25) is 0 Å². The molecule has 0 bridgehead atoms. The Kier molecular flexibility index (Phi) is 6.49. The fourth-order valence-corrected chi connectivity index (χ4v) is 2.69. The molecule has 30 heavy (non-hydrogen) atoms. The van der Waals surface area contributed by atoms with E-state index >= 15 is 0 Å². The van der Waals surface area contributed by atoms with Crippen LogP contribution in [0.2, 0.25) is 0 Å². The van der Waals surface area contributed by atoms with Crippen LogP contribution in [0.1, 0.15) is 10.4 Å². The largest absolute Gasteiger partial charge is 0.452 e. The zero-order valence-electron chi connectivity index (χ0n) is 15.9. The molecular formula is C22H18FN3O4. The number of pyridine rings is 1. The van der Waals surface area contributed by atoms with Crippen molar-refractivity contribution in [2.24, 2.45) is 0 Å².